The second-order valence-corrected chi connectivity index (χ2v) is 3.09. The molecule has 0 spiro atoms. The van der Waals surface area contributed by atoms with Gasteiger partial charge in [0.1, 0.15) is 0 Å². The molecule has 70 valence electrons. The molecule has 2 nitrogen and oxygen atoms in total. The average Bonchev–Trinajstić information content (AvgIpc) is 2.05. The van der Waals surface area contributed by atoms with Crippen LogP contribution in [0.5, 0.6) is 0 Å². The summed E-state index contributed by atoms with van der Waals surface area (Å²) in [4.78, 5) is 6.48. The minimum absolute atomic E-state index is 0.270. The van der Waals surface area contributed by atoms with E-state index in [2.05, 4.69) is 29.8 Å². The van der Waals surface area contributed by atoms with Gasteiger partial charge in [0.25, 0.3) is 0 Å². The highest BCUT2D eigenvalue weighted by molar-refractivity contribution is 5.78. The topological polar surface area (TPSA) is 15.6 Å². The monoisotopic (exact) mass is 168 g/mol. The van der Waals surface area contributed by atoms with Crippen LogP contribution in [0.4, 0.5) is 0 Å². The third kappa shape index (κ3) is 4.29. The molecule has 0 fully saturated rings. The van der Waals surface area contributed by atoms with Crippen molar-refractivity contribution in [2.45, 2.75) is 33.4 Å². The van der Waals surface area contributed by atoms with Gasteiger partial charge in [0.15, 0.2) is 0 Å². The molecule has 12 heavy (non-hydrogen) atoms. The van der Waals surface area contributed by atoms with Crippen molar-refractivity contribution in [3.8, 4) is 0 Å². The van der Waals surface area contributed by atoms with E-state index >= 15 is 0 Å². The quantitative estimate of drug-likeness (QED) is 0.588. The summed E-state index contributed by atoms with van der Waals surface area (Å²) in [7, 11) is 4.06. The first-order valence-electron chi connectivity index (χ1n) is 4.46. The molecule has 1 atom stereocenters. The molecule has 0 heterocycles. The third-order valence-electron chi connectivity index (χ3n) is 1.98. The summed E-state index contributed by atoms with van der Waals surface area (Å²) in [5.41, 5.74) is 1.30. The summed E-state index contributed by atoms with van der Waals surface area (Å²) in [6.07, 6.45) is 5.39. The van der Waals surface area contributed by atoms with Crippen LogP contribution in [0.3, 0.4) is 0 Å². The van der Waals surface area contributed by atoms with E-state index in [0.29, 0.717) is 0 Å². The molecule has 0 N–H and O–H groups in total. The van der Waals surface area contributed by atoms with Gasteiger partial charge in [-0.25, -0.2) is 0 Å². The summed E-state index contributed by atoms with van der Waals surface area (Å²) in [6, 6.07) is 0. The molecule has 0 aromatic carbocycles. The lowest BCUT2D eigenvalue weighted by Gasteiger charge is -2.14. The van der Waals surface area contributed by atoms with E-state index in [1.165, 1.54) is 5.57 Å². The van der Waals surface area contributed by atoms with Crippen molar-refractivity contribution in [3.63, 3.8) is 0 Å². The van der Waals surface area contributed by atoms with Crippen LogP contribution in [0.1, 0.15) is 27.2 Å². The minimum Gasteiger partial charge on any atom is -0.288 e. The molecule has 0 saturated heterocycles. The predicted molar refractivity (Wildman–Crippen MR) is 55.7 cm³/mol. The first-order chi connectivity index (χ1) is 5.61. The van der Waals surface area contributed by atoms with Gasteiger partial charge in [-0.2, -0.15) is 0 Å². The van der Waals surface area contributed by atoms with E-state index in [9.17, 15) is 0 Å². The maximum Gasteiger partial charge on any atom is 0.0985 e. The second-order valence-electron chi connectivity index (χ2n) is 3.09. The molecule has 0 saturated carbocycles. The first kappa shape index (κ1) is 11.4. The molecule has 0 aliphatic carbocycles. The Morgan fingerprint density at radius 3 is 2.42 bits per heavy atom. The zero-order valence-corrected chi connectivity index (χ0v) is 8.83. The summed E-state index contributed by atoms with van der Waals surface area (Å²) in [5, 5.41) is 0. The molecule has 0 rings (SSSR count). The van der Waals surface area contributed by atoms with Gasteiger partial charge in [-0.3, -0.25) is 9.89 Å². The average molecular weight is 168 g/mol. The zero-order valence-electron chi connectivity index (χ0n) is 8.83. The SMILES string of the molecule is C/C=C(\C=N/C(C)N(C)C)CC. The normalized spacial score (nSPS) is 16.0. The molecule has 0 bridgehead atoms. The molecular weight excluding hydrogens is 148 g/mol. The third-order valence-corrected chi connectivity index (χ3v) is 1.98. The van der Waals surface area contributed by atoms with E-state index in [0.717, 1.165) is 6.42 Å². The van der Waals surface area contributed by atoms with Crippen molar-refractivity contribution in [1.82, 2.24) is 4.90 Å². The highest BCUT2D eigenvalue weighted by atomic mass is 15.2. The molecule has 2 heteroatoms. The molecule has 0 amide bonds. The Bertz CT molecular complexity index is 169. The molecular formula is C10H20N2. The van der Waals surface area contributed by atoms with Crippen LogP contribution >= 0.6 is 0 Å². The van der Waals surface area contributed by atoms with Crippen molar-refractivity contribution in [1.29, 1.82) is 0 Å². The molecule has 0 aromatic heterocycles. The molecule has 0 aliphatic rings. The van der Waals surface area contributed by atoms with Gasteiger partial charge in [-0.1, -0.05) is 13.0 Å². The van der Waals surface area contributed by atoms with Gasteiger partial charge >= 0.3 is 0 Å². The largest absolute Gasteiger partial charge is 0.288 e. The molecule has 1 unspecified atom stereocenters. The minimum atomic E-state index is 0.270. The lowest BCUT2D eigenvalue weighted by molar-refractivity contribution is 0.325. The number of allylic oxidation sites excluding steroid dienone is 2. The maximum absolute atomic E-state index is 4.40. The lowest BCUT2D eigenvalue weighted by Crippen LogP contribution is -2.22. The molecule has 0 aliphatic heterocycles. The Kier molecular flexibility index (Phi) is 5.64. The predicted octanol–water partition coefficient (Wildman–Crippen LogP) is 2.32. The fraction of sp³-hybridized carbons (Fsp3) is 0.700. The van der Waals surface area contributed by atoms with Crippen LogP contribution < -0.4 is 0 Å². The van der Waals surface area contributed by atoms with E-state index in [4.69, 9.17) is 0 Å². The Labute approximate surface area is 76.0 Å². The van der Waals surface area contributed by atoms with Crippen molar-refractivity contribution in [2.24, 2.45) is 4.99 Å². The van der Waals surface area contributed by atoms with Gasteiger partial charge in [0.05, 0.1) is 6.17 Å². The summed E-state index contributed by atoms with van der Waals surface area (Å²) < 4.78 is 0. The number of rotatable bonds is 4. The van der Waals surface area contributed by atoms with Gasteiger partial charge in [-0.15, -0.1) is 0 Å². The zero-order chi connectivity index (χ0) is 9.56. The smallest absolute Gasteiger partial charge is 0.0985 e. The van der Waals surface area contributed by atoms with Crippen molar-refractivity contribution in [3.05, 3.63) is 11.6 Å². The van der Waals surface area contributed by atoms with Crippen LogP contribution in [-0.2, 0) is 0 Å². The van der Waals surface area contributed by atoms with Gasteiger partial charge in [-0.05, 0) is 39.9 Å². The fourth-order valence-electron chi connectivity index (χ4n) is 0.707. The number of hydrogen-bond donors (Lipinski definition) is 0. The lowest BCUT2D eigenvalue weighted by atomic mass is 10.2. The Morgan fingerprint density at radius 2 is 2.08 bits per heavy atom. The van der Waals surface area contributed by atoms with Gasteiger partial charge in [0, 0.05) is 6.21 Å². The van der Waals surface area contributed by atoms with E-state index in [1.807, 2.05) is 27.2 Å². The van der Waals surface area contributed by atoms with E-state index < -0.39 is 0 Å². The first-order valence-corrected chi connectivity index (χ1v) is 4.46. The van der Waals surface area contributed by atoms with Crippen LogP contribution in [0.25, 0.3) is 0 Å². The summed E-state index contributed by atoms with van der Waals surface area (Å²) in [6.45, 7) is 6.27. The summed E-state index contributed by atoms with van der Waals surface area (Å²) in [5.74, 6) is 0. The molecule has 0 aromatic rings. The Hall–Kier alpha value is -0.630. The number of aliphatic imine (C=N–C) groups is 1. The van der Waals surface area contributed by atoms with Gasteiger partial charge in [0.2, 0.25) is 0 Å². The van der Waals surface area contributed by atoms with Crippen molar-refractivity contribution >= 4 is 6.21 Å². The number of nitrogens with zero attached hydrogens (tertiary/aromatic N) is 2. The Balaban J connectivity index is 4.05. The van der Waals surface area contributed by atoms with Gasteiger partial charge < -0.3 is 0 Å². The van der Waals surface area contributed by atoms with E-state index in [-0.39, 0.29) is 6.17 Å². The van der Waals surface area contributed by atoms with Crippen molar-refractivity contribution in [2.75, 3.05) is 14.1 Å². The highest BCUT2D eigenvalue weighted by Crippen LogP contribution is 1.98. The Morgan fingerprint density at radius 1 is 1.50 bits per heavy atom. The summed E-state index contributed by atoms with van der Waals surface area (Å²) >= 11 is 0. The maximum atomic E-state index is 4.40. The van der Waals surface area contributed by atoms with Crippen LogP contribution in [0.2, 0.25) is 0 Å². The standard InChI is InChI=1S/C10H20N2/c1-6-10(7-2)8-11-9(3)12(4)5/h6,8-9H,7H2,1-5H3/b10-6-,11-8-. The van der Waals surface area contributed by atoms with E-state index in [1.54, 1.807) is 0 Å². The van der Waals surface area contributed by atoms with Crippen LogP contribution in [0, 0.1) is 0 Å². The number of hydrogen-bond acceptors (Lipinski definition) is 2. The highest BCUT2D eigenvalue weighted by Gasteiger charge is 1.98. The van der Waals surface area contributed by atoms with Crippen molar-refractivity contribution < 1.29 is 0 Å². The van der Waals surface area contributed by atoms with Crippen LogP contribution in [0.15, 0.2) is 16.6 Å². The molecule has 0 radical (unpaired) electrons. The van der Waals surface area contributed by atoms with Crippen LogP contribution in [-0.4, -0.2) is 31.4 Å². The second kappa shape index (κ2) is 5.95. The fourth-order valence-corrected chi connectivity index (χ4v) is 0.707.